The minimum atomic E-state index is -3.41. The molecule has 0 radical (unpaired) electrons. The van der Waals surface area contributed by atoms with Gasteiger partial charge in [0, 0.05) is 37.2 Å². The molecule has 9 heteroatoms. The fourth-order valence-corrected chi connectivity index (χ4v) is 4.99. The van der Waals surface area contributed by atoms with E-state index in [-0.39, 0.29) is 0 Å². The summed E-state index contributed by atoms with van der Waals surface area (Å²) in [6.07, 6.45) is 0. The van der Waals surface area contributed by atoms with E-state index >= 15 is 0 Å². The van der Waals surface area contributed by atoms with E-state index in [0.29, 0.717) is 28.3 Å². The van der Waals surface area contributed by atoms with Crippen molar-refractivity contribution < 1.29 is 8.42 Å². The van der Waals surface area contributed by atoms with Crippen molar-refractivity contribution in [3.05, 3.63) is 47.8 Å². The minimum absolute atomic E-state index is 0.348. The van der Waals surface area contributed by atoms with Crippen LogP contribution >= 0.6 is 22.9 Å². The van der Waals surface area contributed by atoms with Gasteiger partial charge in [0.05, 0.1) is 0 Å². The normalized spacial score (nSPS) is 11.8. The summed E-state index contributed by atoms with van der Waals surface area (Å²) >= 11 is 2.48. The number of benzene rings is 1. The van der Waals surface area contributed by atoms with Gasteiger partial charge in [0.15, 0.2) is 5.82 Å². The van der Waals surface area contributed by atoms with Crippen LogP contribution in [0.15, 0.2) is 52.1 Å². The molecule has 0 saturated heterocycles. The molecule has 2 heterocycles. The van der Waals surface area contributed by atoms with Gasteiger partial charge in [-0.25, -0.2) is 8.42 Å². The second kappa shape index (κ2) is 7.39. The van der Waals surface area contributed by atoms with E-state index in [1.165, 1.54) is 27.2 Å². The van der Waals surface area contributed by atoms with Gasteiger partial charge in [-0.1, -0.05) is 36.4 Å². The van der Waals surface area contributed by atoms with Crippen LogP contribution in [0.25, 0.3) is 11.4 Å². The Hall–Kier alpha value is -1.81. The zero-order valence-corrected chi connectivity index (χ0v) is 15.4. The molecule has 0 atom stereocenters. The molecule has 0 bridgehead atoms. The van der Waals surface area contributed by atoms with Gasteiger partial charge in [0.2, 0.25) is 5.13 Å². The van der Waals surface area contributed by atoms with Gasteiger partial charge < -0.3 is 5.32 Å². The Balaban J connectivity index is 1.56. The summed E-state index contributed by atoms with van der Waals surface area (Å²) in [6, 6.07) is 13.1. The van der Waals surface area contributed by atoms with Crippen molar-refractivity contribution in [3.8, 4) is 11.4 Å². The maximum atomic E-state index is 12.3. The second-order valence-electron chi connectivity index (χ2n) is 4.97. The zero-order chi connectivity index (χ0) is 17.0. The van der Waals surface area contributed by atoms with Crippen molar-refractivity contribution in [3.63, 3.8) is 0 Å². The largest absolute Gasteiger partial charge is 0.359 e. The molecule has 1 N–H and O–H groups in total. The molecular formula is C15H16N4O2S3. The SMILES string of the molecule is CN(CCNc1nc(-c2ccccc2)ns1)S(=O)(=O)c1cccs1. The predicted octanol–water partition coefficient (Wildman–Crippen LogP) is 3.00. The Morgan fingerprint density at radius 3 is 2.67 bits per heavy atom. The molecule has 2 aromatic heterocycles. The fourth-order valence-electron chi connectivity index (χ4n) is 2.00. The van der Waals surface area contributed by atoms with Crippen molar-refractivity contribution >= 4 is 38.0 Å². The smallest absolute Gasteiger partial charge is 0.252 e. The summed E-state index contributed by atoms with van der Waals surface area (Å²) in [5, 5.41) is 5.56. The zero-order valence-electron chi connectivity index (χ0n) is 12.9. The third-order valence-corrected chi connectivity index (χ3v) is 7.22. The monoisotopic (exact) mass is 380 g/mol. The summed E-state index contributed by atoms with van der Waals surface area (Å²) < 4.78 is 30.6. The first-order valence-corrected chi connectivity index (χ1v) is 10.3. The first kappa shape index (κ1) is 17.0. The van der Waals surface area contributed by atoms with E-state index in [1.54, 1.807) is 24.6 Å². The van der Waals surface area contributed by atoms with Crippen LogP contribution in [-0.4, -0.2) is 42.2 Å². The quantitative estimate of drug-likeness (QED) is 0.682. The first-order valence-electron chi connectivity index (χ1n) is 7.20. The molecule has 0 aliphatic carbocycles. The van der Waals surface area contributed by atoms with E-state index in [9.17, 15) is 8.42 Å². The van der Waals surface area contributed by atoms with E-state index in [0.717, 1.165) is 5.56 Å². The minimum Gasteiger partial charge on any atom is -0.359 e. The summed E-state index contributed by atoms with van der Waals surface area (Å²) in [5.74, 6) is 0.669. The molecule has 0 saturated carbocycles. The van der Waals surface area contributed by atoms with Crippen molar-refractivity contribution in [2.45, 2.75) is 4.21 Å². The van der Waals surface area contributed by atoms with Gasteiger partial charge in [0.1, 0.15) is 4.21 Å². The van der Waals surface area contributed by atoms with Gasteiger partial charge in [-0.15, -0.1) is 11.3 Å². The fraction of sp³-hybridized carbons (Fsp3) is 0.200. The number of nitrogens with one attached hydrogen (secondary N) is 1. The predicted molar refractivity (Wildman–Crippen MR) is 98.0 cm³/mol. The molecule has 3 aromatic rings. The van der Waals surface area contributed by atoms with Crippen LogP contribution in [0, 0.1) is 0 Å². The summed E-state index contributed by atoms with van der Waals surface area (Å²) in [5.41, 5.74) is 0.958. The lowest BCUT2D eigenvalue weighted by molar-refractivity contribution is 0.482. The Kier molecular flexibility index (Phi) is 5.24. The molecule has 0 fully saturated rings. The van der Waals surface area contributed by atoms with Crippen molar-refractivity contribution in [2.75, 3.05) is 25.5 Å². The Labute approximate surface area is 149 Å². The van der Waals surface area contributed by atoms with Gasteiger partial charge in [-0.2, -0.15) is 13.7 Å². The molecule has 24 heavy (non-hydrogen) atoms. The van der Waals surface area contributed by atoms with E-state index in [4.69, 9.17) is 0 Å². The third kappa shape index (κ3) is 3.81. The highest BCUT2D eigenvalue weighted by Crippen LogP contribution is 2.21. The van der Waals surface area contributed by atoms with Crippen LogP contribution in [0.1, 0.15) is 0 Å². The van der Waals surface area contributed by atoms with Crippen molar-refractivity contribution in [1.29, 1.82) is 0 Å². The van der Waals surface area contributed by atoms with Crippen LogP contribution in [-0.2, 0) is 10.0 Å². The number of hydrogen-bond acceptors (Lipinski definition) is 7. The number of anilines is 1. The lowest BCUT2D eigenvalue weighted by Gasteiger charge is -2.15. The van der Waals surface area contributed by atoms with E-state index in [2.05, 4.69) is 14.7 Å². The highest BCUT2D eigenvalue weighted by molar-refractivity contribution is 7.91. The summed E-state index contributed by atoms with van der Waals surface area (Å²) in [7, 11) is -1.83. The highest BCUT2D eigenvalue weighted by Gasteiger charge is 2.21. The van der Waals surface area contributed by atoms with Gasteiger partial charge in [0.25, 0.3) is 10.0 Å². The molecule has 3 rings (SSSR count). The number of rotatable bonds is 7. The van der Waals surface area contributed by atoms with Crippen molar-refractivity contribution in [1.82, 2.24) is 13.7 Å². The van der Waals surface area contributed by atoms with Gasteiger partial charge >= 0.3 is 0 Å². The first-order chi connectivity index (χ1) is 11.6. The van der Waals surface area contributed by atoms with Crippen LogP contribution in [0.3, 0.4) is 0 Å². The summed E-state index contributed by atoms with van der Waals surface area (Å²) in [6.45, 7) is 0.811. The lowest BCUT2D eigenvalue weighted by atomic mass is 10.2. The number of thiophene rings is 1. The third-order valence-electron chi connectivity index (χ3n) is 3.32. The topological polar surface area (TPSA) is 75.2 Å². The molecular weight excluding hydrogens is 364 g/mol. The molecule has 0 aliphatic heterocycles. The maximum Gasteiger partial charge on any atom is 0.252 e. The van der Waals surface area contributed by atoms with Crippen LogP contribution in [0.2, 0.25) is 0 Å². The second-order valence-corrected chi connectivity index (χ2v) is 8.95. The van der Waals surface area contributed by atoms with Gasteiger partial charge in [-0.05, 0) is 11.4 Å². The molecule has 0 aliphatic rings. The summed E-state index contributed by atoms with van der Waals surface area (Å²) in [4.78, 5) is 4.42. The number of likely N-dealkylation sites (N-methyl/N-ethyl adjacent to an activating group) is 1. The average molecular weight is 381 g/mol. The molecule has 126 valence electrons. The maximum absolute atomic E-state index is 12.3. The van der Waals surface area contributed by atoms with Crippen LogP contribution in [0.4, 0.5) is 5.13 Å². The average Bonchev–Trinajstić information content (AvgIpc) is 3.28. The Bertz CT molecular complexity index is 877. The molecule has 0 unspecified atom stereocenters. The van der Waals surface area contributed by atoms with E-state index < -0.39 is 10.0 Å². The standard InChI is InChI=1S/C15H16N4O2S3/c1-19(24(20,21)13-8-5-11-22-13)10-9-16-15-17-14(18-23-15)12-6-3-2-4-7-12/h2-8,11H,9-10H2,1H3,(H,16,17,18). The van der Waals surface area contributed by atoms with Crippen molar-refractivity contribution in [2.24, 2.45) is 0 Å². The Morgan fingerprint density at radius 2 is 1.96 bits per heavy atom. The van der Waals surface area contributed by atoms with Gasteiger partial charge in [-0.3, -0.25) is 0 Å². The molecule has 1 aromatic carbocycles. The molecule has 0 spiro atoms. The number of aromatic nitrogens is 2. The van der Waals surface area contributed by atoms with Crippen LogP contribution in [0.5, 0.6) is 0 Å². The highest BCUT2D eigenvalue weighted by atomic mass is 32.2. The van der Waals surface area contributed by atoms with E-state index in [1.807, 2.05) is 30.3 Å². The number of hydrogen-bond donors (Lipinski definition) is 1. The number of nitrogens with zero attached hydrogens (tertiary/aromatic N) is 3. The molecule has 0 amide bonds. The molecule has 6 nitrogen and oxygen atoms in total. The lowest BCUT2D eigenvalue weighted by Crippen LogP contribution is -2.31. The number of sulfonamides is 1. The Morgan fingerprint density at radius 1 is 1.17 bits per heavy atom. The van der Waals surface area contributed by atoms with Crippen LogP contribution < -0.4 is 5.32 Å².